The van der Waals surface area contributed by atoms with E-state index in [-0.39, 0.29) is 17.6 Å². The van der Waals surface area contributed by atoms with Gasteiger partial charge in [0.25, 0.3) is 0 Å². The number of carbonyl (C=O) groups is 1. The van der Waals surface area contributed by atoms with Gasteiger partial charge in [0.15, 0.2) is 11.0 Å². The van der Waals surface area contributed by atoms with E-state index in [1.165, 1.54) is 11.8 Å². The molecular weight excluding hydrogens is 551 g/mol. The first-order chi connectivity index (χ1) is 19.1. The molecule has 0 saturated carbocycles. The third-order valence-electron chi connectivity index (χ3n) is 6.67. The first-order valence-corrected chi connectivity index (χ1v) is 14.4. The van der Waals surface area contributed by atoms with Crippen LogP contribution >= 0.6 is 23.4 Å². The van der Waals surface area contributed by atoms with Crippen LogP contribution in [0.4, 0.5) is 15.0 Å². The summed E-state index contributed by atoms with van der Waals surface area (Å²) in [6.45, 7) is 6.49. The minimum Gasteiger partial charge on any atom is -0.444 e. The van der Waals surface area contributed by atoms with E-state index in [9.17, 15) is 10.1 Å². The number of piperazine rings is 1. The lowest BCUT2D eigenvalue weighted by Crippen LogP contribution is -2.56. The number of nitriles is 1. The van der Waals surface area contributed by atoms with Crippen LogP contribution < -0.4 is 4.90 Å². The van der Waals surface area contributed by atoms with E-state index in [1.807, 2.05) is 35.4 Å². The average Bonchev–Trinajstić information content (AvgIpc) is 2.92. The minimum atomic E-state index is -0.656. The maximum atomic E-state index is 16.3. The molecule has 0 N–H and O–H groups in total. The number of halogens is 2. The fraction of sp³-hybridized carbons (Fsp3) is 0.345. The Morgan fingerprint density at radius 1 is 1.23 bits per heavy atom. The van der Waals surface area contributed by atoms with Crippen LogP contribution in [0.1, 0.15) is 27.2 Å². The van der Waals surface area contributed by atoms with Gasteiger partial charge in [-0.05, 0) is 38.5 Å². The third kappa shape index (κ3) is 5.36. The Balaban J connectivity index is 1.57. The number of hydrogen-bond acceptors (Lipinski definition) is 8. The highest BCUT2D eigenvalue weighted by molar-refractivity contribution is 7.98. The standard InChI is InChI=1S/C29H28ClFN6O2S/c1-29(2,3)39-28(38)37-14-13-36(16-18(37)11-12-32)26-20-15-33-24(23(31)25(20)34-27(35-26)40-4)19-9-5-7-17-8-6-10-21(30)22(17)19/h5-10,15,18H,11,13-14,16H2,1-4H3/t18-/m0/s1. The lowest BCUT2D eigenvalue weighted by Gasteiger charge is -2.41. The molecule has 4 aromatic rings. The number of pyridine rings is 1. The molecule has 11 heteroatoms. The van der Waals surface area contributed by atoms with E-state index in [0.29, 0.717) is 46.6 Å². The maximum Gasteiger partial charge on any atom is 0.410 e. The van der Waals surface area contributed by atoms with Gasteiger partial charge in [-0.3, -0.25) is 4.98 Å². The van der Waals surface area contributed by atoms with Crippen LogP contribution in [-0.2, 0) is 4.74 Å². The predicted octanol–water partition coefficient (Wildman–Crippen LogP) is 6.70. The number of benzene rings is 2. The van der Waals surface area contributed by atoms with E-state index in [2.05, 4.69) is 16.0 Å². The third-order valence-corrected chi connectivity index (χ3v) is 7.53. The largest absolute Gasteiger partial charge is 0.444 e. The van der Waals surface area contributed by atoms with Gasteiger partial charge in [-0.2, -0.15) is 5.26 Å². The monoisotopic (exact) mass is 578 g/mol. The van der Waals surface area contributed by atoms with Crippen LogP contribution in [0.2, 0.25) is 5.02 Å². The minimum absolute atomic E-state index is 0.118. The summed E-state index contributed by atoms with van der Waals surface area (Å²) >= 11 is 7.83. The van der Waals surface area contributed by atoms with Gasteiger partial charge in [0.2, 0.25) is 0 Å². The van der Waals surface area contributed by atoms with E-state index in [0.717, 1.165) is 10.8 Å². The van der Waals surface area contributed by atoms with Crippen LogP contribution in [0, 0.1) is 17.1 Å². The van der Waals surface area contributed by atoms with Crippen LogP contribution in [-0.4, -0.2) is 63.5 Å². The molecule has 1 aliphatic rings. The van der Waals surface area contributed by atoms with Gasteiger partial charge in [-0.1, -0.05) is 53.7 Å². The Morgan fingerprint density at radius 2 is 1.98 bits per heavy atom. The Labute approximate surface area is 241 Å². The van der Waals surface area contributed by atoms with Crippen LogP contribution in [0.15, 0.2) is 47.8 Å². The number of aromatic nitrogens is 3. The molecule has 3 heterocycles. The lowest BCUT2D eigenvalue weighted by atomic mass is 10.0. The summed E-state index contributed by atoms with van der Waals surface area (Å²) < 4.78 is 21.8. The molecule has 2 aromatic carbocycles. The number of anilines is 1. The molecule has 1 saturated heterocycles. The average molecular weight is 579 g/mol. The molecular formula is C29H28ClFN6O2S. The molecule has 1 fully saturated rings. The summed E-state index contributed by atoms with van der Waals surface area (Å²) in [7, 11) is 0. The SMILES string of the molecule is CSc1nc(N2CCN(C(=O)OC(C)(C)C)[C@@H](CC#N)C2)c2cnc(-c3cccc4cccc(Cl)c34)c(F)c2n1. The molecule has 206 valence electrons. The van der Waals surface area contributed by atoms with E-state index >= 15 is 4.39 Å². The smallest absolute Gasteiger partial charge is 0.410 e. The van der Waals surface area contributed by atoms with Crippen molar-refractivity contribution in [3.05, 3.63) is 53.4 Å². The van der Waals surface area contributed by atoms with E-state index in [4.69, 9.17) is 21.3 Å². The number of amides is 1. The second-order valence-corrected chi connectivity index (χ2v) is 11.7. The summed E-state index contributed by atoms with van der Waals surface area (Å²) in [5.41, 5.74) is 0.222. The summed E-state index contributed by atoms with van der Waals surface area (Å²) in [6, 6.07) is 12.9. The normalized spacial score (nSPS) is 15.9. The van der Waals surface area contributed by atoms with Gasteiger partial charge >= 0.3 is 6.09 Å². The summed E-state index contributed by atoms with van der Waals surface area (Å²) in [5.74, 6) is -0.0557. The highest BCUT2D eigenvalue weighted by atomic mass is 35.5. The van der Waals surface area contributed by atoms with Crippen molar-refractivity contribution in [3.8, 4) is 17.3 Å². The molecule has 8 nitrogen and oxygen atoms in total. The van der Waals surface area contributed by atoms with Gasteiger partial charge in [0.05, 0.1) is 23.9 Å². The summed E-state index contributed by atoms with van der Waals surface area (Å²) in [5, 5.41) is 12.4. The number of fused-ring (bicyclic) bond motifs is 2. The molecule has 2 aromatic heterocycles. The van der Waals surface area contributed by atoms with Crippen LogP contribution in [0.5, 0.6) is 0 Å². The fourth-order valence-corrected chi connectivity index (χ4v) is 5.57. The molecule has 0 bridgehead atoms. The van der Waals surface area contributed by atoms with Crippen molar-refractivity contribution in [2.45, 2.75) is 44.0 Å². The predicted molar refractivity (Wildman–Crippen MR) is 156 cm³/mol. The van der Waals surface area contributed by atoms with Gasteiger partial charge in [0.1, 0.15) is 22.6 Å². The zero-order chi connectivity index (χ0) is 28.6. The van der Waals surface area contributed by atoms with Crippen molar-refractivity contribution in [3.63, 3.8) is 0 Å². The number of rotatable bonds is 4. The van der Waals surface area contributed by atoms with Crippen molar-refractivity contribution in [1.82, 2.24) is 19.9 Å². The summed E-state index contributed by atoms with van der Waals surface area (Å²) in [4.78, 5) is 30.2. The van der Waals surface area contributed by atoms with Crippen molar-refractivity contribution < 1.29 is 13.9 Å². The van der Waals surface area contributed by atoms with E-state index in [1.54, 1.807) is 44.0 Å². The Bertz CT molecular complexity index is 1650. The zero-order valence-electron chi connectivity index (χ0n) is 22.6. The number of nitrogens with zero attached hydrogens (tertiary/aromatic N) is 6. The van der Waals surface area contributed by atoms with Gasteiger partial charge in [-0.25, -0.2) is 19.2 Å². The summed E-state index contributed by atoms with van der Waals surface area (Å²) in [6.07, 6.45) is 3.07. The Kier molecular flexibility index (Phi) is 7.71. The second kappa shape index (κ2) is 11.1. The Morgan fingerprint density at radius 3 is 2.67 bits per heavy atom. The molecule has 0 unspecified atom stereocenters. The highest BCUT2D eigenvalue weighted by Gasteiger charge is 2.35. The van der Waals surface area contributed by atoms with Crippen LogP contribution in [0.25, 0.3) is 32.9 Å². The second-order valence-electron chi connectivity index (χ2n) is 10.5. The molecule has 1 amide bonds. The highest BCUT2D eigenvalue weighted by Crippen LogP contribution is 2.37. The molecule has 0 spiro atoms. The fourth-order valence-electron chi connectivity index (χ4n) is 4.92. The molecule has 1 aliphatic heterocycles. The molecule has 5 rings (SSSR count). The first kappa shape index (κ1) is 27.9. The van der Waals surface area contributed by atoms with Gasteiger partial charge < -0.3 is 14.5 Å². The lowest BCUT2D eigenvalue weighted by molar-refractivity contribution is 0.0145. The number of thioether (sulfide) groups is 1. The van der Waals surface area contributed by atoms with Crippen molar-refractivity contribution >= 4 is 56.9 Å². The number of hydrogen-bond donors (Lipinski definition) is 0. The number of carbonyl (C=O) groups excluding carboxylic acids is 1. The van der Waals surface area contributed by atoms with Crippen molar-refractivity contribution in [2.24, 2.45) is 0 Å². The zero-order valence-corrected chi connectivity index (χ0v) is 24.2. The molecule has 0 aliphatic carbocycles. The number of ether oxygens (including phenoxy) is 1. The van der Waals surface area contributed by atoms with E-state index < -0.39 is 23.6 Å². The van der Waals surface area contributed by atoms with Gasteiger partial charge in [-0.15, -0.1) is 0 Å². The quantitative estimate of drug-likeness (QED) is 0.195. The van der Waals surface area contributed by atoms with Crippen molar-refractivity contribution in [1.29, 1.82) is 5.26 Å². The topological polar surface area (TPSA) is 95.2 Å². The van der Waals surface area contributed by atoms with Gasteiger partial charge in [0, 0.05) is 41.8 Å². The molecule has 40 heavy (non-hydrogen) atoms. The Hall–Kier alpha value is -3.68. The van der Waals surface area contributed by atoms with Crippen molar-refractivity contribution in [2.75, 3.05) is 30.8 Å². The first-order valence-electron chi connectivity index (χ1n) is 12.8. The van der Waals surface area contributed by atoms with Crippen LogP contribution in [0.3, 0.4) is 0 Å². The molecule has 1 atom stereocenters. The maximum absolute atomic E-state index is 16.3. The molecule has 0 radical (unpaired) electrons.